The molecule has 3 nitrogen and oxygen atoms in total. The van der Waals surface area contributed by atoms with Gasteiger partial charge in [-0.3, -0.25) is 4.79 Å². The van der Waals surface area contributed by atoms with Gasteiger partial charge in [0.05, 0.1) is 6.61 Å². The predicted molar refractivity (Wildman–Crippen MR) is 69.9 cm³/mol. The van der Waals surface area contributed by atoms with Crippen molar-refractivity contribution in [2.45, 2.75) is 71.9 Å². The van der Waals surface area contributed by atoms with E-state index in [1.807, 2.05) is 13.8 Å². The van der Waals surface area contributed by atoms with Gasteiger partial charge < -0.3 is 10.1 Å². The number of hydrogen-bond acceptors (Lipinski definition) is 3. The summed E-state index contributed by atoms with van der Waals surface area (Å²) in [5.74, 6) is -0.129. The maximum atomic E-state index is 11.5. The smallest absolute Gasteiger partial charge is 0.322 e. The Morgan fingerprint density at radius 1 is 1.41 bits per heavy atom. The summed E-state index contributed by atoms with van der Waals surface area (Å²) in [7, 11) is 0. The zero-order chi connectivity index (χ0) is 12.9. The highest BCUT2D eigenvalue weighted by Crippen LogP contribution is 2.33. The molecule has 1 N–H and O–H groups in total. The van der Waals surface area contributed by atoms with Crippen molar-refractivity contribution in [2.24, 2.45) is 5.41 Å². The molecule has 0 spiro atoms. The predicted octanol–water partition coefficient (Wildman–Crippen LogP) is 2.89. The fourth-order valence-electron chi connectivity index (χ4n) is 2.52. The van der Waals surface area contributed by atoms with E-state index in [1.54, 1.807) is 0 Å². The minimum atomic E-state index is -0.179. The Morgan fingerprint density at radius 2 is 2.12 bits per heavy atom. The van der Waals surface area contributed by atoms with Gasteiger partial charge in [-0.25, -0.2) is 0 Å². The van der Waals surface area contributed by atoms with Crippen LogP contribution in [0.5, 0.6) is 0 Å². The van der Waals surface area contributed by atoms with Crippen molar-refractivity contribution in [2.75, 3.05) is 6.61 Å². The third-order valence-corrected chi connectivity index (χ3v) is 3.70. The van der Waals surface area contributed by atoms with Crippen LogP contribution in [0, 0.1) is 5.41 Å². The number of esters is 1. The van der Waals surface area contributed by atoms with Gasteiger partial charge in [0.1, 0.15) is 6.04 Å². The second-order valence-corrected chi connectivity index (χ2v) is 5.93. The first kappa shape index (κ1) is 14.5. The molecule has 1 aliphatic carbocycles. The summed E-state index contributed by atoms with van der Waals surface area (Å²) in [4.78, 5) is 11.5. The van der Waals surface area contributed by atoms with Crippen molar-refractivity contribution >= 4 is 5.97 Å². The van der Waals surface area contributed by atoms with E-state index >= 15 is 0 Å². The minimum Gasteiger partial charge on any atom is -0.465 e. The first-order chi connectivity index (χ1) is 7.94. The Kier molecular flexibility index (Phi) is 5.44. The Labute approximate surface area is 105 Å². The molecule has 1 saturated carbocycles. The van der Waals surface area contributed by atoms with Crippen LogP contribution in [-0.2, 0) is 9.53 Å². The molecule has 0 saturated heterocycles. The maximum Gasteiger partial charge on any atom is 0.322 e. The highest BCUT2D eigenvalue weighted by molar-refractivity contribution is 5.75. The average Bonchev–Trinajstić information content (AvgIpc) is 2.41. The van der Waals surface area contributed by atoms with Crippen LogP contribution >= 0.6 is 0 Å². The lowest BCUT2D eigenvalue weighted by atomic mass is 9.85. The third-order valence-electron chi connectivity index (χ3n) is 3.70. The molecule has 100 valence electrons. The van der Waals surface area contributed by atoms with Crippen LogP contribution < -0.4 is 5.32 Å². The lowest BCUT2D eigenvalue weighted by Gasteiger charge is -2.23. The van der Waals surface area contributed by atoms with Crippen LogP contribution in [0.4, 0.5) is 0 Å². The highest BCUT2D eigenvalue weighted by Gasteiger charge is 2.26. The summed E-state index contributed by atoms with van der Waals surface area (Å²) in [6, 6.07) is 0.289. The van der Waals surface area contributed by atoms with E-state index in [0.29, 0.717) is 18.1 Å². The lowest BCUT2D eigenvalue weighted by Crippen LogP contribution is -2.42. The molecule has 2 unspecified atom stereocenters. The quantitative estimate of drug-likeness (QED) is 0.607. The molecule has 3 heteroatoms. The summed E-state index contributed by atoms with van der Waals surface area (Å²) >= 11 is 0. The second kappa shape index (κ2) is 6.39. The van der Waals surface area contributed by atoms with Crippen molar-refractivity contribution in [3.63, 3.8) is 0 Å². The topological polar surface area (TPSA) is 38.3 Å². The number of hydrogen-bond donors (Lipinski definition) is 1. The van der Waals surface area contributed by atoms with Crippen molar-refractivity contribution in [3.8, 4) is 0 Å². The zero-order valence-corrected chi connectivity index (χ0v) is 11.7. The van der Waals surface area contributed by atoms with Gasteiger partial charge in [0.15, 0.2) is 0 Å². The highest BCUT2D eigenvalue weighted by atomic mass is 16.5. The van der Waals surface area contributed by atoms with E-state index in [-0.39, 0.29) is 12.0 Å². The van der Waals surface area contributed by atoms with E-state index in [4.69, 9.17) is 4.74 Å². The maximum absolute atomic E-state index is 11.5. The van der Waals surface area contributed by atoms with Gasteiger partial charge in [-0.05, 0) is 44.9 Å². The van der Waals surface area contributed by atoms with Crippen molar-refractivity contribution < 1.29 is 9.53 Å². The third kappa shape index (κ3) is 5.07. The van der Waals surface area contributed by atoms with Crippen LogP contribution in [-0.4, -0.2) is 24.7 Å². The standard InChI is InChI=1S/C14H27NO2/c1-5-17-13(16)11(2)15-12-7-6-9-14(3,4)10-8-12/h11-12,15H,5-10H2,1-4H3. The molecule has 0 aliphatic heterocycles. The molecule has 0 aromatic heterocycles. The normalized spacial score (nSPS) is 26.0. The van der Waals surface area contributed by atoms with E-state index in [9.17, 15) is 4.79 Å². The molecule has 1 rings (SSSR count). The van der Waals surface area contributed by atoms with Crippen molar-refractivity contribution in [3.05, 3.63) is 0 Å². The van der Waals surface area contributed by atoms with Crippen LogP contribution in [0.1, 0.15) is 59.8 Å². The Hall–Kier alpha value is -0.570. The average molecular weight is 241 g/mol. The van der Waals surface area contributed by atoms with Crippen molar-refractivity contribution in [1.29, 1.82) is 0 Å². The summed E-state index contributed by atoms with van der Waals surface area (Å²) in [5, 5.41) is 3.41. The van der Waals surface area contributed by atoms with Gasteiger partial charge in [-0.15, -0.1) is 0 Å². The summed E-state index contributed by atoms with van der Waals surface area (Å²) in [6.07, 6.45) is 6.11. The van der Waals surface area contributed by atoms with Crippen LogP contribution in [0.15, 0.2) is 0 Å². The molecule has 17 heavy (non-hydrogen) atoms. The zero-order valence-electron chi connectivity index (χ0n) is 11.7. The van der Waals surface area contributed by atoms with Gasteiger partial charge in [-0.2, -0.15) is 0 Å². The van der Waals surface area contributed by atoms with Gasteiger partial charge in [0.25, 0.3) is 0 Å². The molecule has 0 radical (unpaired) electrons. The van der Waals surface area contributed by atoms with E-state index in [0.717, 1.165) is 6.42 Å². The van der Waals surface area contributed by atoms with Crippen LogP contribution in [0.3, 0.4) is 0 Å². The molecular weight excluding hydrogens is 214 g/mol. The minimum absolute atomic E-state index is 0.129. The number of carbonyl (C=O) groups is 1. The Bertz CT molecular complexity index is 251. The molecule has 0 amide bonds. The molecule has 0 heterocycles. The van der Waals surface area contributed by atoms with E-state index < -0.39 is 0 Å². The second-order valence-electron chi connectivity index (χ2n) is 5.93. The SMILES string of the molecule is CCOC(=O)C(C)NC1CCCC(C)(C)CC1. The van der Waals surface area contributed by atoms with Crippen molar-refractivity contribution in [1.82, 2.24) is 5.32 Å². The van der Waals surface area contributed by atoms with Gasteiger partial charge >= 0.3 is 5.97 Å². The number of rotatable bonds is 4. The molecule has 0 aromatic carbocycles. The molecule has 1 fully saturated rings. The fourth-order valence-corrected chi connectivity index (χ4v) is 2.52. The van der Waals surface area contributed by atoms with Crippen LogP contribution in [0.25, 0.3) is 0 Å². The first-order valence-corrected chi connectivity index (χ1v) is 6.87. The van der Waals surface area contributed by atoms with Gasteiger partial charge in [-0.1, -0.05) is 20.3 Å². The first-order valence-electron chi connectivity index (χ1n) is 6.87. The lowest BCUT2D eigenvalue weighted by molar-refractivity contribution is -0.145. The van der Waals surface area contributed by atoms with E-state index in [2.05, 4.69) is 19.2 Å². The molecule has 2 atom stereocenters. The molecular formula is C14H27NO2. The monoisotopic (exact) mass is 241 g/mol. The number of nitrogens with one attached hydrogen (secondary N) is 1. The Balaban J connectivity index is 2.38. The molecule has 0 aromatic rings. The number of carbonyl (C=O) groups excluding carboxylic acids is 1. The molecule has 0 bridgehead atoms. The number of ether oxygens (including phenoxy) is 1. The van der Waals surface area contributed by atoms with Gasteiger partial charge in [0, 0.05) is 6.04 Å². The Morgan fingerprint density at radius 3 is 2.76 bits per heavy atom. The van der Waals surface area contributed by atoms with Gasteiger partial charge in [0.2, 0.25) is 0 Å². The van der Waals surface area contributed by atoms with E-state index in [1.165, 1.54) is 25.7 Å². The van der Waals surface area contributed by atoms with Crippen LogP contribution in [0.2, 0.25) is 0 Å². The summed E-state index contributed by atoms with van der Waals surface area (Å²) in [6.45, 7) is 8.88. The largest absolute Gasteiger partial charge is 0.465 e. The fraction of sp³-hybridized carbons (Fsp3) is 0.929. The summed E-state index contributed by atoms with van der Waals surface area (Å²) < 4.78 is 5.02. The summed E-state index contributed by atoms with van der Waals surface area (Å²) in [5.41, 5.74) is 0.462. The molecule has 1 aliphatic rings.